The van der Waals surface area contributed by atoms with Crippen molar-refractivity contribution in [2.75, 3.05) is 26.3 Å². The summed E-state index contributed by atoms with van der Waals surface area (Å²) in [5.74, 6) is 0.506. The Labute approximate surface area is 111 Å². The topological polar surface area (TPSA) is 38.8 Å². The Balaban J connectivity index is 1.96. The Morgan fingerprint density at radius 2 is 2.06 bits per heavy atom. The van der Waals surface area contributed by atoms with Crippen LogP contribution in [-0.2, 0) is 9.53 Å². The van der Waals surface area contributed by atoms with Crippen LogP contribution in [0.4, 0.5) is 0 Å². The first-order chi connectivity index (χ1) is 8.68. The van der Waals surface area contributed by atoms with E-state index in [-0.39, 0.29) is 5.91 Å². The number of ether oxygens (including phenoxy) is 2. The molecule has 1 aliphatic rings. The molecule has 0 saturated carbocycles. The smallest absolute Gasteiger partial charge is 0.263 e. The van der Waals surface area contributed by atoms with E-state index >= 15 is 0 Å². The van der Waals surface area contributed by atoms with Gasteiger partial charge in [-0.1, -0.05) is 23.7 Å². The van der Waals surface area contributed by atoms with Crippen molar-refractivity contribution >= 4 is 17.5 Å². The van der Waals surface area contributed by atoms with Crippen LogP contribution in [0.1, 0.15) is 6.92 Å². The van der Waals surface area contributed by atoms with Gasteiger partial charge in [-0.25, -0.2) is 0 Å². The second-order valence-electron chi connectivity index (χ2n) is 4.13. The lowest BCUT2D eigenvalue weighted by atomic mass is 10.3. The molecular weight excluding hydrogens is 254 g/mol. The van der Waals surface area contributed by atoms with E-state index in [9.17, 15) is 4.79 Å². The molecule has 2 rings (SSSR count). The second kappa shape index (κ2) is 6.07. The molecule has 0 spiro atoms. The van der Waals surface area contributed by atoms with Crippen LogP contribution in [0.25, 0.3) is 0 Å². The molecule has 0 N–H and O–H groups in total. The van der Waals surface area contributed by atoms with Gasteiger partial charge in [-0.2, -0.15) is 0 Å². The van der Waals surface area contributed by atoms with Gasteiger partial charge in [-0.3, -0.25) is 4.79 Å². The number of carbonyl (C=O) groups excluding carboxylic acids is 1. The number of para-hydroxylation sites is 1. The number of rotatable bonds is 3. The molecule has 1 heterocycles. The average Bonchev–Trinajstić information content (AvgIpc) is 2.41. The van der Waals surface area contributed by atoms with Crippen LogP contribution in [0, 0.1) is 0 Å². The van der Waals surface area contributed by atoms with Crippen molar-refractivity contribution in [3.63, 3.8) is 0 Å². The lowest BCUT2D eigenvalue weighted by Gasteiger charge is -2.29. The highest BCUT2D eigenvalue weighted by atomic mass is 35.5. The molecule has 1 aromatic rings. The molecule has 1 aliphatic heterocycles. The van der Waals surface area contributed by atoms with Gasteiger partial charge in [-0.15, -0.1) is 0 Å². The van der Waals surface area contributed by atoms with Gasteiger partial charge in [0.25, 0.3) is 5.91 Å². The van der Waals surface area contributed by atoms with Crippen LogP contribution in [0.2, 0.25) is 5.02 Å². The molecule has 18 heavy (non-hydrogen) atoms. The molecule has 0 radical (unpaired) electrons. The van der Waals surface area contributed by atoms with Crippen molar-refractivity contribution in [1.29, 1.82) is 0 Å². The van der Waals surface area contributed by atoms with E-state index in [1.54, 1.807) is 24.0 Å². The molecule has 0 aliphatic carbocycles. The number of morpholine rings is 1. The number of hydrogen-bond acceptors (Lipinski definition) is 3. The number of amides is 1. The summed E-state index contributed by atoms with van der Waals surface area (Å²) in [4.78, 5) is 13.9. The molecule has 1 atom stereocenters. The van der Waals surface area contributed by atoms with Crippen LogP contribution >= 0.6 is 11.6 Å². The maximum Gasteiger partial charge on any atom is 0.263 e. The van der Waals surface area contributed by atoms with Gasteiger partial charge in [-0.05, 0) is 19.1 Å². The molecule has 1 fully saturated rings. The van der Waals surface area contributed by atoms with Gasteiger partial charge in [0.2, 0.25) is 0 Å². The summed E-state index contributed by atoms with van der Waals surface area (Å²) in [5.41, 5.74) is 0. The zero-order valence-electron chi connectivity index (χ0n) is 10.3. The van der Waals surface area contributed by atoms with Crippen LogP contribution in [-0.4, -0.2) is 43.2 Å². The van der Waals surface area contributed by atoms with Crippen LogP contribution in [0.3, 0.4) is 0 Å². The van der Waals surface area contributed by atoms with E-state index in [0.29, 0.717) is 37.1 Å². The van der Waals surface area contributed by atoms with E-state index in [4.69, 9.17) is 21.1 Å². The summed E-state index contributed by atoms with van der Waals surface area (Å²) in [6.07, 6.45) is -0.539. The van der Waals surface area contributed by atoms with Crippen molar-refractivity contribution in [3.8, 4) is 5.75 Å². The minimum Gasteiger partial charge on any atom is -0.479 e. The molecule has 1 amide bonds. The van der Waals surface area contributed by atoms with Gasteiger partial charge in [0.15, 0.2) is 6.10 Å². The van der Waals surface area contributed by atoms with E-state index in [0.717, 1.165) is 0 Å². The zero-order chi connectivity index (χ0) is 13.0. The third kappa shape index (κ3) is 3.15. The lowest BCUT2D eigenvalue weighted by Crippen LogP contribution is -2.46. The fourth-order valence-corrected chi connectivity index (χ4v) is 2.00. The summed E-state index contributed by atoms with van der Waals surface area (Å²) in [7, 11) is 0. The fourth-order valence-electron chi connectivity index (χ4n) is 1.82. The highest BCUT2D eigenvalue weighted by Gasteiger charge is 2.24. The lowest BCUT2D eigenvalue weighted by molar-refractivity contribution is -0.142. The van der Waals surface area contributed by atoms with E-state index in [1.165, 1.54) is 0 Å². The highest BCUT2D eigenvalue weighted by molar-refractivity contribution is 6.32. The first kappa shape index (κ1) is 13.2. The number of nitrogens with zero attached hydrogens (tertiary/aromatic N) is 1. The molecular formula is C13H16ClNO3. The Bertz CT molecular complexity index is 418. The summed E-state index contributed by atoms with van der Waals surface area (Å²) >= 11 is 5.99. The standard InChI is InChI=1S/C13H16ClNO3/c1-10(13(16)15-6-8-17-9-7-15)18-12-5-3-2-4-11(12)14/h2-5,10H,6-9H2,1H3/t10-/m1/s1. The monoisotopic (exact) mass is 269 g/mol. The van der Waals surface area contributed by atoms with E-state index < -0.39 is 6.10 Å². The van der Waals surface area contributed by atoms with E-state index in [2.05, 4.69) is 0 Å². The molecule has 0 unspecified atom stereocenters. The summed E-state index contributed by atoms with van der Waals surface area (Å²) < 4.78 is 10.8. The second-order valence-corrected chi connectivity index (χ2v) is 4.54. The van der Waals surface area contributed by atoms with Gasteiger partial charge in [0.1, 0.15) is 5.75 Å². The van der Waals surface area contributed by atoms with Crippen molar-refractivity contribution in [2.45, 2.75) is 13.0 Å². The maximum atomic E-state index is 12.1. The number of benzene rings is 1. The van der Waals surface area contributed by atoms with Gasteiger partial charge in [0, 0.05) is 13.1 Å². The minimum absolute atomic E-state index is 0.0294. The van der Waals surface area contributed by atoms with Crippen molar-refractivity contribution in [3.05, 3.63) is 29.3 Å². The number of carbonyl (C=O) groups is 1. The average molecular weight is 270 g/mol. The largest absolute Gasteiger partial charge is 0.479 e. The number of halogens is 1. The quantitative estimate of drug-likeness (QED) is 0.842. The van der Waals surface area contributed by atoms with Crippen molar-refractivity contribution in [2.24, 2.45) is 0 Å². The molecule has 98 valence electrons. The first-order valence-electron chi connectivity index (χ1n) is 5.96. The highest BCUT2D eigenvalue weighted by Crippen LogP contribution is 2.24. The minimum atomic E-state index is -0.539. The predicted octanol–water partition coefficient (Wildman–Crippen LogP) is 1.97. The van der Waals surface area contributed by atoms with Crippen LogP contribution in [0.15, 0.2) is 24.3 Å². The zero-order valence-corrected chi connectivity index (χ0v) is 11.0. The van der Waals surface area contributed by atoms with Crippen molar-refractivity contribution < 1.29 is 14.3 Å². The van der Waals surface area contributed by atoms with Crippen LogP contribution in [0.5, 0.6) is 5.75 Å². The maximum absolute atomic E-state index is 12.1. The molecule has 0 aromatic heterocycles. The molecule has 1 saturated heterocycles. The molecule has 4 nitrogen and oxygen atoms in total. The van der Waals surface area contributed by atoms with Crippen molar-refractivity contribution in [1.82, 2.24) is 4.90 Å². The molecule has 0 bridgehead atoms. The number of hydrogen-bond donors (Lipinski definition) is 0. The first-order valence-corrected chi connectivity index (χ1v) is 6.34. The summed E-state index contributed by atoms with van der Waals surface area (Å²) in [6.45, 7) is 4.15. The third-order valence-electron chi connectivity index (χ3n) is 2.81. The normalized spacial score (nSPS) is 17.3. The van der Waals surface area contributed by atoms with Gasteiger partial charge < -0.3 is 14.4 Å². The van der Waals surface area contributed by atoms with Crippen LogP contribution < -0.4 is 4.74 Å². The van der Waals surface area contributed by atoms with Gasteiger partial charge in [0.05, 0.1) is 18.2 Å². The third-order valence-corrected chi connectivity index (χ3v) is 3.12. The Morgan fingerprint density at radius 1 is 1.39 bits per heavy atom. The van der Waals surface area contributed by atoms with Gasteiger partial charge >= 0.3 is 0 Å². The van der Waals surface area contributed by atoms with E-state index in [1.807, 2.05) is 12.1 Å². The Kier molecular flexibility index (Phi) is 4.44. The molecule has 5 heteroatoms. The Hall–Kier alpha value is -1.26. The Morgan fingerprint density at radius 3 is 2.72 bits per heavy atom. The summed E-state index contributed by atoms with van der Waals surface area (Å²) in [6, 6.07) is 7.14. The SMILES string of the molecule is C[C@@H](Oc1ccccc1Cl)C(=O)N1CCOCC1. The summed E-state index contributed by atoms with van der Waals surface area (Å²) in [5, 5.41) is 0.513. The predicted molar refractivity (Wildman–Crippen MR) is 68.9 cm³/mol. The fraction of sp³-hybridized carbons (Fsp3) is 0.462. The molecule has 1 aromatic carbocycles.